The van der Waals surface area contributed by atoms with Crippen LogP contribution in [0.25, 0.3) is 11.1 Å². The van der Waals surface area contributed by atoms with E-state index in [9.17, 15) is 0 Å². The molecule has 0 bridgehead atoms. The van der Waals surface area contributed by atoms with Crippen molar-refractivity contribution in [2.24, 2.45) is 0 Å². The van der Waals surface area contributed by atoms with Crippen LogP contribution in [0.1, 0.15) is 24.0 Å². The minimum atomic E-state index is 0.494. The highest BCUT2D eigenvalue weighted by Crippen LogP contribution is 2.25. The van der Waals surface area contributed by atoms with Crippen LogP contribution in [-0.4, -0.2) is 7.11 Å². The number of rotatable bonds is 5. The Bertz CT molecular complexity index is 727. The molecule has 0 saturated carbocycles. The summed E-state index contributed by atoms with van der Waals surface area (Å²) in [6.45, 7) is 2.28. The maximum absolute atomic E-state index is 5.21. The van der Waals surface area contributed by atoms with E-state index in [4.69, 9.17) is 4.74 Å². The highest BCUT2D eigenvalue weighted by Gasteiger charge is 2.07. The molecule has 0 heterocycles. The molecule has 3 aromatic rings. The molecule has 0 N–H and O–H groups in total. The number of benzene rings is 3. The lowest BCUT2D eigenvalue weighted by molar-refractivity contribution is 0.414. The van der Waals surface area contributed by atoms with Gasteiger partial charge < -0.3 is 4.74 Å². The van der Waals surface area contributed by atoms with Crippen molar-refractivity contribution < 1.29 is 4.74 Å². The van der Waals surface area contributed by atoms with Gasteiger partial charge in [0, 0.05) is 0 Å². The number of ether oxygens (including phenoxy) is 1. The average Bonchev–Trinajstić information content (AvgIpc) is 2.63. The standard InChI is InChI=1S/C22H22O/c1-17(16-18-8-14-22(23-2)15-9-18)19-10-12-21(13-11-19)20-6-4-3-5-7-20/h3-15,17H,16H2,1-2H3/t17-/m0/s1. The molecule has 1 heteroatoms. The van der Waals surface area contributed by atoms with Crippen molar-refractivity contribution in [3.63, 3.8) is 0 Å². The number of hydrogen-bond acceptors (Lipinski definition) is 1. The Morgan fingerprint density at radius 1 is 0.739 bits per heavy atom. The van der Waals surface area contributed by atoms with Gasteiger partial charge in [-0.05, 0) is 46.7 Å². The summed E-state index contributed by atoms with van der Waals surface area (Å²) in [6.07, 6.45) is 1.04. The van der Waals surface area contributed by atoms with Gasteiger partial charge in [-0.15, -0.1) is 0 Å². The van der Waals surface area contributed by atoms with Crippen LogP contribution in [0.2, 0.25) is 0 Å². The van der Waals surface area contributed by atoms with E-state index in [0.717, 1.165) is 12.2 Å². The van der Waals surface area contributed by atoms with E-state index >= 15 is 0 Å². The Morgan fingerprint density at radius 2 is 1.35 bits per heavy atom. The normalized spacial score (nSPS) is 11.9. The Balaban J connectivity index is 1.71. The summed E-state index contributed by atoms with van der Waals surface area (Å²) in [7, 11) is 1.70. The minimum absolute atomic E-state index is 0.494. The highest BCUT2D eigenvalue weighted by atomic mass is 16.5. The highest BCUT2D eigenvalue weighted by molar-refractivity contribution is 5.63. The summed E-state index contributed by atoms with van der Waals surface area (Å²) < 4.78 is 5.21. The van der Waals surface area contributed by atoms with Crippen LogP contribution in [0.4, 0.5) is 0 Å². The van der Waals surface area contributed by atoms with Crippen LogP contribution in [0, 0.1) is 0 Å². The number of methoxy groups -OCH3 is 1. The van der Waals surface area contributed by atoms with Gasteiger partial charge in [-0.25, -0.2) is 0 Å². The second-order valence-electron chi connectivity index (χ2n) is 5.94. The molecule has 0 aliphatic rings. The minimum Gasteiger partial charge on any atom is -0.497 e. The first-order valence-electron chi connectivity index (χ1n) is 8.04. The largest absolute Gasteiger partial charge is 0.497 e. The molecular formula is C22H22O. The van der Waals surface area contributed by atoms with Crippen LogP contribution >= 0.6 is 0 Å². The SMILES string of the molecule is COc1ccc(C[C@H](C)c2ccc(-c3ccccc3)cc2)cc1. The lowest BCUT2D eigenvalue weighted by Crippen LogP contribution is -1.98. The van der Waals surface area contributed by atoms with Gasteiger partial charge in [0.15, 0.2) is 0 Å². The van der Waals surface area contributed by atoms with Crippen molar-refractivity contribution in [3.8, 4) is 16.9 Å². The molecule has 0 aliphatic heterocycles. The van der Waals surface area contributed by atoms with Gasteiger partial charge in [-0.3, -0.25) is 0 Å². The summed E-state index contributed by atoms with van der Waals surface area (Å²) >= 11 is 0. The summed E-state index contributed by atoms with van der Waals surface area (Å²) in [5.41, 5.74) is 5.25. The van der Waals surface area contributed by atoms with Crippen molar-refractivity contribution >= 4 is 0 Å². The van der Waals surface area contributed by atoms with Crippen LogP contribution in [0.5, 0.6) is 5.75 Å². The van der Waals surface area contributed by atoms with E-state index in [1.165, 1.54) is 22.3 Å². The number of hydrogen-bond donors (Lipinski definition) is 0. The molecule has 0 amide bonds. The van der Waals surface area contributed by atoms with Gasteiger partial charge in [-0.2, -0.15) is 0 Å². The lowest BCUT2D eigenvalue weighted by Gasteiger charge is -2.13. The second-order valence-corrected chi connectivity index (χ2v) is 5.94. The molecular weight excluding hydrogens is 280 g/mol. The third kappa shape index (κ3) is 3.81. The Hall–Kier alpha value is -2.54. The van der Waals surface area contributed by atoms with Crippen molar-refractivity contribution in [3.05, 3.63) is 90.0 Å². The monoisotopic (exact) mass is 302 g/mol. The molecule has 3 aromatic carbocycles. The zero-order chi connectivity index (χ0) is 16.1. The van der Waals surface area contributed by atoms with Crippen LogP contribution in [0.15, 0.2) is 78.9 Å². The third-order valence-electron chi connectivity index (χ3n) is 4.29. The first-order chi connectivity index (χ1) is 11.3. The summed E-state index contributed by atoms with van der Waals surface area (Å²) in [4.78, 5) is 0. The zero-order valence-electron chi connectivity index (χ0n) is 13.7. The molecule has 116 valence electrons. The summed E-state index contributed by atoms with van der Waals surface area (Å²) in [5.74, 6) is 1.40. The van der Waals surface area contributed by atoms with Gasteiger partial charge in [0.1, 0.15) is 5.75 Å². The predicted molar refractivity (Wildman–Crippen MR) is 97.0 cm³/mol. The van der Waals surface area contributed by atoms with E-state index in [-0.39, 0.29) is 0 Å². The lowest BCUT2D eigenvalue weighted by atomic mass is 9.92. The molecule has 3 rings (SSSR count). The fourth-order valence-electron chi connectivity index (χ4n) is 2.87. The van der Waals surface area contributed by atoms with Gasteiger partial charge in [0.25, 0.3) is 0 Å². The third-order valence-corrected chi connectivity index (χ3v) is 4.29. The van der Waals surface area contributed by atoms with Gasteiger partial charge >= 0.3 is 0 Å². The molecule has 0 unspecified atom stereocenters. The molecule has 0 saturated heterocycles. The fraction of sp³-hybridized carbons (Fsp3) is 0.182. The molecule has 0 radical (unpaired) electrons. The molecule has 1 nitrogen and oxygen atoms in total. The van der Waals surface area contributed by atoms with Crippen molar-refractivity contribution in [1.29, 1.82) is 0 Å². The fourth-order valence-corrected chi connectivity index (χ4v) is 2.87. The molecule has 0 aromatic heterocycles. The topological polar surface area (TPSA) is 9.23 Å². The van der Waals surface area contributed by atoms with Gasteiger partial charge in [0.2, 0.25) is 0 Å². The van der Waals surface area contributed by atoms with Crippen molar-refractivity contribution in [1.82, 2.24) is 0 Å². The summed E-state index contributed by atoms with van der Waals surface area (Å²) in [5, 5.41) is 0. The molecule has 1 atom stereocenters. The molecule has 0 fully saturated rings. The smallest absolute Gasteiger partial charge is 0.118 e. The van der Waals surface area contributed by atoms with Crippen LogP contribution in [0.3, 0.4) is 0 Å². The van der Waals surface area contributed by atoms with Crippen LogP contribution < -0.4 is 4.74 Å². The Morgan fingerprint density at radius 3 is 1.96 bits per heavy atom. The Kier molecular flexibility index (Phi) is 4.77. The van der Waals surface area contributed by atoms with Gasteiger partial charge in [0.05, 0.1) is 7.11 Å². The van der Waals surface area contributed by atoms with E-state index in [0.29, 0.717) is 5.92 Å². The van der Waals surface area contributed by atoms with E-state index < -0.39 is 0 Å². The second kappa shape index (κ2) is 7.15. The van der Waals surface area contributed by atoms with Crippen LogP contribution in [-0.2, 0) is 6.42 Å². The van der Waals surface area contributed by atoms with E-state index in [1.54, 1.807) is 7.11 Å². The molecule has 0 aliphatic carbocycles. The first kappa shape index (κ1) is 15.4. The average molecular weight is 302 g/mol. The summed E-state index contributed by atoms with van der Waals surface area (Å²) in [6, 6.07) is 27.8. The Labute approximate surface area is 138 Å². The predicted octanol–water partition coefficient (Wildman–Crippen LogP) is 5.71. The zero-order valence-corrected chi connectivity index (χ0v) is 13.7. The first-order valence-corrected chi connectivity index (χ1v) is 8.04. The maximum atomic E-state index is 5.21. The maximum Gasteiger partial charge on any atom is 0.118 e. The molecule has 0 spiro atoms. The van der Waals surface area contributed by atoms with E-state index in [1.807, 2.05) is 12.1 Å². The molecule has 23 heavy (non-hydrogen) atoms. The van der Waals surface area contributed by atoms with E-state index in [2.05, 4.69) is 73.7 Å². The quantitative estimate of drug-likeness (QED) is 0.586. The van der Waals surface area contributed by atoms with Gasteiger partial charge in [-0.1, -0.05) is 73.7 Å². The van der Waals surface area contributed by atoms with Crippen molar-refractivity contribution in [2.45, 2.75) is 19.3 Å². The van der Waals surface area contributed by atoms with Crippen molar-refractivity contribution in [2.75, 3.05) is 7.11 Å².